The highest BCUT2D eigenvalue weighted by molar-refractivity contribution is 6.31. The first-order chi connectivity index (χ1) is 15.3. The highest BCUT2D eigenvalue weighted by atomic mass is 16.5. The number of aliphatic hydroxyl groups excluding tert-OH is 1. The molecular formula is C25H27NO6. The van der Waals surface area contributed by atoms with Crippen LogP contribution in [0.2, 0.25) is 0 Å². The standard InChI is InChI=1S/C25H27NO6/c1-17(27)25(2)16-26(23(28)24(29)30)15-20(25)19-11-12-21(31-3)22(14-19)32-13-7-10-18-8-5-4-6-9-18/h4-6,8-9,11-12,14,17,20,27H,13,15-16H2,1-3H3,(H,29,30). The van der Waals surface area contributed by atoms with Crippen LogP contribution in [0.3, 0.4) is 0 Å². The van der Waals surface area contributed by atoms with Crippen LogP contribution in [0, 0.1) is 17.3 Å². The number of aliphatic carboxylic acids is 1. The molecule has 32 heavy (non-hydrogen) atoms. The first-order valence-corrected chi connectivity index (χ1v) is 10.3. The van der Waals surface area contributed by atoms with Crippen molar-refractivity contribution in [1.82, 2.24) is 4.90 Å². The summed E-state index contributed by atoms with van der Waals surface area (Å²) in [5.41, 5.74) is 0.990. The summed E-state index contributed by atoms with van der Waals surface area (Å²) < 4.78 is 11.3. The number of methoxy groups -OCH3 is 1. The van der Waals surface area contributed by atoms with Gasteiger partial charge in [-0.3, -0.25) is 4.79 Å². The molecule has 3 rings (SSSR count). The SMILES string of the molecule is COc1ccc(C2CN(C(=O)C(=O)O)CC2(C)C(C)O)cc1OCC#Cc1ccccc1. The van der Waals surface area contributed by atoms with Gasteiger partial charge in [-0.25, -0.2) is 4.79 Å². The summed E-state index contributed by atoms with van der Waals surface area (Å²) in [7, 11) is 1.54. The zero-order valence-electron chi connectivity index (χ0n) is 18.4. The van der Waals surface area contributed by atoms with Crippen molar-refractivity contribution in [3.8, 4) is 23.3 Å². The predicted molar refractivity (Wildman–Crippen MR) is 119 cm³/mol. The van der Waals surface area contributed by atoms with E-state index in [1.165, 1.54) is 4.90 Å². The molecule has 1 amide bonds. The van der Waals surface area contributed by atoms with Gasteiger partial charge in [0.2, 0.25) is 0 Å². The summed E-state index contributed by atoms with van der Waals surface area (Å²) in [6.07, 6.45) is -0.762. The summed E-state index contributed by atoms with van der Waals surface area (Å²) >= 11 is 0. The Hall–Kier alpha value is -3.50. The van der Waals surface area contributed by atoms with Crippen molar-refractivity contribution in [3.63, 3.8) is 0 Å². The molecule has 0 spiro atoms. The molecule has 0 saturated carbocycles. The van der Waals surface area contributed by atoms with E-state index in [4.69, 9.17) is 14.6 Å². The number of carboxylic acid groups (broad SMARTS) is 1. The van der Waals surface area contributed by atoms with Gasteiger partial charge in [-0.2, -0.15) is 0 Å². The lowest BCUT2D eigenvalue weighted by Gasteiger charge is -2.33. The zero-order chi connectivity index (χ0) is 23.3. The monoisotopic (exact) mass is 437 g/mol. The number of rotatable bonds is 5. The van der Waals surface area contributed by atoms with Gasteiger partial charge in [0.25, 0.3) is 0 Å². The van der Waals surface area contributed by atoms with Crippen molar-refractivity contribution in [2.75, 3.05) is 26.8 Å². The van der Waals surface area contributed by atoms with Gasteiger partial charge in [0.15, 0.2) is 11.5 Å². The number of ether oxygens (including phenoxy) is 2. The average Bonchev–Trinajstić information content (AvgIpc) is 3.15. The Balaban J connectivity index is 1.84. The summed E-state index contributed by atoms with van der Waals surface area (Å²) in [6, 6.07) is 15.0. The van der Waals surface area contributed by atoms with Gasteiger partial charge in [-0.15, -0.1) is 0 Å². The molecule has 1 heterocycles. The third-order valence-corrected chi connectivity index (χ3v) is 6.05. The minimum atomic E-state index is -1.51. The second-order valence-corrected chi connectivity index (χ2v) is 8.09. The Kier molecular flexibility index (Phi) is 7.06. The molecule has 1 saturated heterocycles. The van der Waals surface area contributed by atoms with Crippen molar-refractivity contribution < 1.29 is 29.3 Å². The molecule has 1 aliphatic rings. The van der Waals surface area contributed by atoms with Crippen molar-refractivity contribution >= 4 is 11.9 Å². The first kappa shape index (κ1) is 23.2. The number of amides is 1. The fraction of sp³-hybridized carbons (Fsp3) is 0.360. The number of carboxylic acids is 1. The van der Waals surface area contributed by atoms with Crippen LogP contribution in [-0.4, -0.2) is 59.9 Å². The number of carbonyl (C=O) groups is 2. The van der Waals surface area contributed by atoms with Crippen LogP contribution in [0.15, 0.2) is 48.5 Å². The smallest absolute Gasteiger partial charge is 0.394 e. The predicted octanol–water partition coefficient (Wildman–Crippen LogP) is 2.52. The number of benzene rings is 2. The first-order valence-electron chi connectivity index (χ1n) is 10.3. The van der Waals surface area contributed by atoms with Gasteiger partial charge < -0.3 is 24.6 Å². The molecule has 168 valence electrons. The molecule has 2 aromatic rings. The van der Waals surface area contributed by atoms with E-state index in [1.807, 2.05) is 49.4 Å². The summed E-state index contributed by atoms with van der Waals surface area (Å²) in [5, 5.41) is 19.6. The topological polar surface area (TPSA) is 96.3 Å². The van der Waals surface area contributed by atoms with Crippen molar-refractivity contribution in [1.29, 1.82) is 0 Å². The van der Waals surface area contributed by atoms with E-state index >= 15 is 0 Å². The molecular weight excluding hydrogens is 410 g/mol. The Bertz CT molecular complexity index is 1040. The van der Waals surface area contributed by atoms with Crippen LogP contribution in [0.4, 0.5) is 0 Å². The average molecular weight is 437 g/mol. The van der Waals surface area contributed by atoms with Crippen LogP contribution >= 0.6 is 0 Å². The molecule has 2 N–H and O–H groups in total. The van der Waals surface area contributed by atoms with Crippen LogP contribution < -0.4 is 9.47 Å². The Morgan fingerprint density at radius 2 is 1.94 bits per heavy atom. The number of carbonyl (C=O) groups excluding carboxylic acids is 1. The summed E-state index contributed by atoms with van der Waals surface area (Å²) in [6.45, 7) is 3.99. The molecule has 7 nitrogen and oxygen atoms in total. The highest BCUT2D eigenvalue weighted by Gasteiger charge is 2.49. The largest absolute Gasteiger partial charge is 0.493 e. The van der Waals surface area contributed by atoms with Crippen molar-refractivity contribution in [2.24, 2.45) is 5.41 Å². The Morgan fingerprint density at radius 1 is 1.22 bits per heavy atom. The third-order valence-electron chi connectivity index (χ3n) is 6.05. The fourth-order valence-electron chi connectivity index (χ4n) is 4.01. The summed E-state index contributed by atoms with van der Waals surface area (Å²) in [4.78, 5) is 24.5. The van der Waals surface area contributed by atoms with Gasteiger partial charge in [-0.05, 0) is 36.8 Å². The number of hydrogen-bond acceptors (Lipinski definition) is 5. The third kappa shape index (κ3) is 4.87. The number of likely N-dealkylation sites (tertiary alicyclic amines) is 1. The maximum atomic E-state index is 12.1. The lowest BCUT2D eigenvalue weighted by molar-refractivity contribution is -0.155. The van der Waals surface area contributed by atoms with E-state index in [0.29, 0.717) is 11.5 Å². The Labute approximate surface area is 187 Å². The van der Waals surface area contributed by atoms with Crippen LogP contribution in [0.25, 0.3) is 0 Å². The molecule has 3 unspecified atom stereocenters. The van der Waals surface area contributed by atoms with Gasteiger partial charge in [-0.1, -0.05) is 43.0 Å². The minimum absolute atomic E-state index is 0.144. The zero-order valence-corrected chi connectivity index (χ0v) is 18.4. The van der Waals surface area contributed by atoms with E-state index in [-0.39, 0.29) is 25.6 Å². The highest BCUT2D eigenvalue weighted by Crippen LogP contribution is 2.46. The van der Waals surface area contributed by atoms with Gasteiger partial charge in [0.1, 0.15) is 6.61 Å². The maximum Gasteiger partial charge on any atom is 0.394 e. The fourth-order valence-corrected chi connectivity index (χ4v) is 4.01. The van der Waals surface area contributed by atoms with E-state index < -0.39 is 23.4 Å². The van der Waals surface area contributed by atoms with Gasteiger partial charge >= 0.3 is 11.9 Å². The molecule has 0 bridgehead atoms. The van der Waals surface area contributed by atoms with Gasteiger partial charge in [0, 0.05) is 30.0 Å². The van der Waals surface area contributed by atoms with E-state index in [1.54, 1.807) is 20.1 Å². The van der Waals surface area contributed by atoms with E-state index in [9.17, 15) is 14.7 Å². The quantitative estimate of drug-likeness (QED) is 0.551. The van der Waals surface area contributed by atoms with Crippen molar-refractivity contribution in [2.45, 2.75) is 25.9 Å². The molecule has 1 fully saturated rings. The Morgan fingerprint density at radius 3 is 2.56 bits per heavy atom. The molecule has 1 aliphatic heterocycles. The lowest BCUT2D eigenvalue weighted by Crippen LogP contribution is -2.39. The molecule has 0 aromatic heterocycles. The van der Waals surface area contributed by atoms with Crippen LogP contribution in [0.1, 0.15) is 30.9 Å². The molecule has 3 atom stereocenters. The summed E-state index contributed by atoms with van der Waals surface area (Å²) in [5.74, 6) is 4.27. The second kappa shape index (κ2) is 9.75. The second-order valence-electron chi connectivity index (χ2n) is 8.09. The number of aliphatic hydroxyl groups is 1. The lowest BCUT2D eigenvalue weighted by atomic mass is 9.72. The van der Waals surface area contributed by atoms with Crippen LogP contribution in [-0.2, 0) is 9.59 Å². The number of nitrogens with zero attached hydrogens (tertiary/aromatic N) is 1. The van der Waals surface area contributed by atoms with Crippen molar-refractivity contribution in [3.05, 3.63) is 59.7 Å². The number of hydrogen-bond donors (Lipinski definition) is 2. The van der Waals surface area contributed by atoms with E-state index in [2.05, 4.69) is 11.8 Å². The molecule has 0 radical (unpaired) electrons. The van der Waals surface area contributed by atoms with Gasteiger partial charge in [0.05, 0.1) is 13.2 Å². The molecule has 7 heteroatoms. The normalized spacial score (nSPS) is 20.8. The van der Waals surface area contributed by atoms with E-state index in [0.717, 1.165) is 11.1 Å². The maximum absolute atomic E-state index is 12.1. The molecule has 2 aromatic carbocycles. The van der Waals surface area contributed by atoms with Crippen LogP contribution in [0.5, 0.6) is 11.5 Å². The molecule has 0 aliphatic carbocycles. The minimum Gasteiger partial charge on any atom is -0.493 e.